The molecule has 0 saturated heterocycles. The summed E-state index contributed by atoms with van der Waals surface area (Å²) in [6, 6.07) is 10.0. The van der Waals surface area contributed by atoms with Crippen molar-refractivity contribution in [2.45, 2.75) is 13.8 Å². The number of carbonyl (C=O) groups excluding carboxylic acids is 2. The molecule has 0 unspecified atom stereocenters. The summed E-state index contributed by atoms with van der Waals surface area (Å²) in [5, 5.41) is 5.68. The van der Waals surface area contributed by atoms with Gasteiger partial charge in [0.15, 0.2) is 0 Å². The van der Waals surface area contributed by atoms with Crippen molar-refractivity contribution in [3.05, 3.63) is 57.6 Å². The maximum atomic E-state index is 11.9. The molecule has 0 saturated carbocycles. The second-order valence-corrected chi connectivity index (χ2v) is 5.65. The van der Waals surface area contributed by atoms with E-state index in [2.05, 4.69) is 10.6 Å². The first-order valence-corrected chi connectivity index (χ1v) is 7.27. The Morgan fingerprint density at radius 2 is 1.32 bits per heavy atom. The second kappa shape index (κ2) is 6.81. The molecule has 0 fully saturated rings. The van der Waals surface area contributed by atoms with Crippen molar-refractivity contribution in [1.82, 2.24) is 0 Å². The van der Waals surface area contributed by atoms with E-state index in [0.717, 1.165) is 11.1 Å². The average molecular weight is 337 g/mol. The molecule has 0 atom stereocenters. The lowest BCUT2D eigenvalue weighted by Gasteiger charge is -2.08. The molecule has 0 heterocycles. The van der Waals surface area contributed by atoms with Gasteiger partial charge in [0.2, 0.25) is 0 Å². The normalized spacial score (nSPS) is 10.2. The SMILES string of the molecule is Cc1ccc(NC(=O)C(=O)Nc2ccc(Cl)c(Cl)c2)cc1C. The van der Waals surface area contributed by atoms with Crippen LogP contribution in [0.2, 0.25) is 10.0 Å². The number of hydrogen-bond acceptors (Lipinski definition) is 2. The van der Waals surface area contributed by atoms with Crippen molar-refractivity contribution in [3.8, 4) is 0 Å². The van der Waals surface area contributed by atoms with Crippen LogP contribution in [0, 0.1) is 13.8 Å². The Labute approximate surface area is 138 Å². The molecule has 2 aromatic rings. The topological polar surface area (TPSA) is 58.2 Å². The molecule has 114 valence electrons. The molecule has 0 aromatic heterocycles. The molecule has 2 aromatic carbocycles. The minimum atomic E-state index is -0.781. The fraction of sp³-hybridized carbons (Fsp3) is 0.125. The summed E-state index contributed by atoms with van der Waals surface area (Å²) in [5.41, 5.74) is 3.10. The molecular weight excluding hydrogens is 323 g/mol. The Morgan fingerprint density at radius 1 is 0.773 bits per heavy atom. The van der Waals surface area contributed by atoms with Crippen LogP contribution in [0.4, 0.5) is 11.4 Å². The fourth-order valence-corrected chi connectivity index (χ4v) is 2.07. The number of benzene rings is 2. The number of hydrogen-bond donors (Lipinski definition) is 2. The van der Waals surface area contributed by atoms with Gasteiger partial charge in [0, 0.05) is 11.4 Å². The van der Waals surface area contributed by atoms with Crippen molar-refractivity contribution in [3.63, 3.8) is 0 Å². The number of nitrogens with one attached hydrogen (secondary N) is 2. The Hall–Kier alpha value is -2.04. The highest BCUT2D eigenvalue weighted by Gasteiger charge is 2.14. The van der Waals surface area contributed by atoms with Crippen LogP contribution in [0.15, 0.2) is 36.4 Å². The summed E-state index contributed by atoms with van der Waals surface area (Å²) in [7, 11) is 0. The summed E-state index contributed by atoms with van der Waals surface area (Å²) >= 11 is 11.6. The van der Waals surface area contributed by atoms with Crippen molar-refractivity contribution in [2.75, 3.05) is 10.6 Å². The van der Waals surface area contributed by atoms with Crippen LogP contribution in [-0.2, 0) is 9.59 Å². The van der Waals surface area contributed by atoms with E-state index < -0.39 is 11.8 Å². The van der Waals surface area contributed by atoms with Crippen LogP contribution in [0.3, 0.4) is 0 Å². The highest BCUT2D eigenvalue weighted by Crippen LogP contribution is 2.25. The van der Waals surface area contributed by atoms with Gasteiger partial charge in [-0.2, -0.15) is 0 Å². The molecule has 0 aliphatic heterocycles. The molecule has 0 radical (unpaired) electrons. The lowest BCUT2D eigenvalue weighted by molar-refractivity contribution is -0.132. The quantitative estimate of drug-likeness (QED) is 0.808. The maximum Gasteiger partial charge on any atom is 0.314 e. The highest BCUT2D eigenvalue weighted by molar-refractivity contribution is 6.44. The minimum Gasteiger partial charge on any atom is -0.318 e. The number of rotatable bonds is 2. The van der Waals surface area contributed by atoms with Gasteiger partial charge in [-0.25, -0.2) is 0 Å². The first-order valence-electron chi connectivity index (χ1n) is 6.51. The Balaban J connectivity index is 2.04. The van der Waals surface area contributed by atoms with E-state index in [0.29, 0.717) is 21.4 Å². The molecule has 0 bridgehead atoms. The van der Waals surface area contributed by atoms with E-state index in [4.69, 9.17) is 23.2 Å². The zero-order chi connectivity index (χ0) is 16.3. The van der Waals surface area contributed by atoms with Crippen molar-refractivity contribution in [1.29, 1.82) is 0 Å². The number of amides is 2. The van der Waals surface area contributed by atoms with Gasteiger partial charge in [-0.15, -0.1) is 0 Å². The lowest BCUT2D eigenvalue weighted by Crippen LogP contribution is -2.29. The summed E-state index contributed by atoms with van der Waals surface area (Å²) < 4.78 is 0. The molecule has 0 aliphatic rings. The van der Waals surface area contributed by atoms with Crippen LogP contribution in [-0.4, -0.2) is 11.8 Å². The standard InChI is InChI=1S/C16H14Cl2N2O2/c1-9-3-4-11(7-10(9)2)19-15(21)16(22)20-12-5-6-13(17)14(18)8-12/h3-8H,1-2H3,(H,19,21)(H,20,22). The Kier molecular flexibility index (Phi) is 5.06. The third-order valence-electron chi connectivity index (χ3n) is 3.15. The molecular formula is C16H14Cl2N2O2. The molecule has 6 heteroatoms. The van der Waals surface area contributed by atoms with Gasteiger partial charge in [-0.1, -0.05) is 29.3 Å². The highest BCUT2D eigenvalue weighted by atomic mass is 35.5. The number of carbonyl (C=O) groups is 2. The summed E-state index contributed by atoms with van der Waals surface area (Å²) in [4.78, 5) is 23.7. The van der Waals surface area contributed by atoms with Gasteiger partial charge in [0.05, 0.1) is 10.0 Å². The maximum absolute atomic E-state index is 11.9. The van der Waals surface area contributed by atoms with Gasteiger partial charge in [0.1, 0.15) is 0 Å². The molecule has 0 spiro atoms. The average Bonchev–Trinajstić information content (AvgIpc) is 2.46. The van der Waals surface area contributed by atoms with Crippen LogP contribution in [0.5, 0.6) is 0 Å². The number of anilines is 2. The zero-order valence-electron chi connectivity index (χ0n) is 12.0. The van der Waals surface area contributed by atoms with Gasteiger partial charge < -0.3 is 10.6 Å². The van der Waals surface area contributed by atoms with Gasteiger partial charge >= 0.3 is 11.8 Å². The molecule has 0 aliphatic carbocycles. The predicted octanol–water partition coefficient (Wildman–Crippen LogP) is 4.19. The Bertz CT molecular complexity index is 681. The first-order chi connectivity index (χ1) is 10.4. The van der Waals surface area contributed by atoms with Crippen LogP contribution in [0.1, 0.15) is 11.1 Å². The van der Waals surface area contributed by atoms with E-state index in [-0.39, 0.29) is 0 Å². The van der Waals surface area contributed by atoms with E-state index in [1.165, 1.54) is 6.07 Å². The van der Waals surface area contributed by atoms with Gasteiger partial charge in [0.25, 0.3) is 0 Å². The smallest absolute Gasteiger partial charge is 0.314 e. The summed E-state index contributed by atoms with van der Waals surface area (Å²) in [6.07, 6.45) is 0. The van der Waals surface area contributed by atoms with Crippen molar-refractivity contribution in [2.24, 2.45) is 0 Å². The minimum absolute atomic E-state index is 0.300. The molecule has 22 heavy (non-hydrogen) atoms. The number of aryl methyl sites for hydroxylation is 2. The van der Waals surface area contributed by atoms with Crippen molar-refractivity contribution >= 4 is 46.4 Å². The van der Waals surface area contributed by atoms with Crippen LogP contribution >= 0.6 is 23.2 Å². The van der Waals surface area contributed by atoms with Gasteiger partial charge in [-0.05, 0) is 55.3 Å². The van der Waals surface area contributed by atoms with E-state index in [9.17, 15) is 9.59 Å². The summed E-state index contributed by atoms with van der Waals surface area (Å²) in [5.74, 6) is -1.54. The predicted molar refractivity (Wildman–Crippen MR) is 89.6 cm³/mol. The lowest BCUT2D eigenvalue weighted by atomic mass is 10.1. The molecule has 4 nitrogen and oxygen atoms in total. The molecule has 2 rings (SSSR count). The second-order valence-electron chi connectivity index (χ2n) is 4.84. The van der Waals surface area contributed by atoms with E-state index in [1.54, 1.807) is 24.3 Å². The summed E-state index contributed by atoms with van der Waals surface area (Å²) in [6.45, 7) is 3.90. The van der Waals surface area contributed by atoms with Crippen LogP contribution in [0.25, 0.3) is 0 Å². The Morgan fingerprint density at radius 3 is 1.86 bits per heavy atom. The zero-order valence-corrected chi connectivity index (χ0v) is 13.5. The third-order valence-corrected chi connectivity index (χ3v) is 3.89. The van der Waals surface area contributed by atoms with E-state index in [1.807, 2.05) is 19.9 Å². The molecule has 2 amide bonds. The van der Waals surface area contributed by atoms with E-state index >= 15 is 0 Å². The van der Waals surface area contributed by atoms with Crippen molar-refractivity contribution < 1.29 is 9.59 Å². The first kappa shape index (κ1) is 16.3. The largest absolute Gasteiger partial charge is 0.318 e. The fourth-order valence-electron chi connectivity index (χ4n) is 1.77. The molecule has 2 N–H and O–H groups in total. The van der Waals surface area contributed by atoms with Crippen LogP contribution < -0.4 is 10.6 Å². The number of halogens is 2. The third kappa shape index (κ3) is 4.00. The monoisotopic (exact) mass is 336 g/mol. The van der Waals surface area contributed by atoms with Gasteiger partial charge in [-0.3, -0.25) is 9.59 Å².